The molecule has 1 nitrogen and oxygen atoms in total. The van der Waals surface area contributed by atoms with Crippen molar-refractivity contribution in [3.8, 4) is 0 Å². The first-order chi connectivity index (χ1) is 7.15. The molecule has 2 aliphatic rings. The minimum Gasteiger partial charge on any atom is -0.295 e. The molecule has 0 N–H and O–H groups in total. The summed E-state index contributed by atoms with van der Waals surface area (Å²) in [5, 5.41) is 0. The monoisotopic (exact) mass is 204 g/mol. The Kier molecular flexibility index (Phi) is 2.81. The van der Waals surface area contributed by atoms with Crippen LogP contribution in [-0.2, 0) is 4.79 Å². The van der Waals surface area contributed by atoms with Gasteiger partial charge in [-0.3, -0.25) is 4.79 Å². The third-order valence-electron chi connectivity index (χ3n) is 4.07. The molecule has 0 bridgehead atoms. The molecule has 0 spiro atoms. The van der Waals surface area contributed by atoms with Crippen LogP contribution in [0.2, 0.25) is 0 Å². The van der Waals surface area contributed by atoms with Crippen LogP contribution in [0, 0.1) is 11.3 Å². The van der Waals surface area contributed by atoms with Crippen molar-refractivity contribution in [1.82, 2.24) is 0 Å². The predicted molar refractivity (Wildman–Crippen MR) is 62.6 cm³/mol. The molecule has 2 rings (SSSR count). The van der Waals surface area contributed by atoms with Gasteiger partial charge in [-0.15, -0.1) is 6.58 Å². The van der Waals surface area contributed by atoms with Crippen molar-refractivity contribution in [2.24, 2.45) is 11.3 Å². The number of carbonyl (C=O) groups excluding carboxylic acids is 1. The van der Waals surface area contributed by atoms with Gasteiger partial charge in [0, 0.05) is 5.92 Å². The predicted octanol–water partition coefficient (Wildman–Crippen LogP) is 3.66. The summed E-state index contributed by atoms with van der Waals surface area (Å²) < 4.78 is 0. The summed E-state index contributed by atoms with van der Waals surface area (Å²) in [6, 6.07) is 0. The number of fused-ring (bicyclic) bond motifs is 1. The molecule has 0 heterocycles. The van der Waals surface area contributed by atoms with Gasteiger partial charge in [-0.05, 0) is 43.6 Å². The quantitative estimate of drug-likeness (QED) is 0.627. The summed E-state index contributed by atoms with van der Waals surface area (Å²) in [4.78, 5) is 11.9. The Hall–Kier alpha value is -0.850. The van der Waals surface area contributed by atoms with E-state index in [2.05, 4.69) is 13.5 Å². The van der Waals surface area contributed by atoms with E-state index in [1.54, 1.807) is 0 Å². The lowest BCUT2D eigenvalue weighted by Crippen LogP contribution is -2.33. The molecule has 0 amide bonds. The van der Waals surface area contributed by atoms with Crippen LogP contribution in [0.5, 0.6) is 0 Å². The van der Waals surface area contributed by atoms with Crippen molar-refractivity contribution in [1.29, 1.82) is 0 Å². The third kappa shape index (κ3) is 1.92. The molecule has 1 saturated carbocycles. The zero-order chi connectivity index (χ0) is 10.9. The second-order valence-electron chi connectivity index (χ2n) is 5.27. The van der Waals surface area contributed by atoms with Gasteiger partial charge in [0.25, 0.3) is 0 Å². The largest absolute Gasteiger partial charge is 0.295 e. The van der Waals surface area contributed by atoms with E-state index in [0.29, 0.717) is 11.2 Å². The van der Waals surface area contributed by atoms with E-state index in [1.165, 1.54) is 24.8 Å². The van der Waals surface area contributed by atoms with Gasteiger partial charge in [-0.25, -0.2) is 0 Å². The van der Waals surface area contributed by atoms with Crippen LogP contribution in [0.15, 0.2) is 24.3 Å². The van der Waals surface area contributed by atoms with E-state index in [4.69, 9.17) is 0 Å². The standard InChI is InChI=1S/C14H20O/c1-3-6-11-10-14(2)8-5-4-7-12(14)9-13(11)15/h3,9,11H,1,4-8,10H2,2H3. The lowest BCUT2D eigenvalue weighted by molar-refractivity contribution is -0.120. The van der Waals surface area contributed by atoms with E-state index in [9.17, 15) is 4.79 Å². The molecule has 15 heavy (non-hydrogen) atoms. The van der Waals surface area contributed by atoms with Crippen LogP contribution < -0.4 is 0 Å². The summed E-state index contributed by atoms with van der Waals surface area (Å²) in [7, 11) is 0. The SMILES string of the molecule is C=CCC1CC2(C)CCCCC2=CC1=O. The van der Waals surface area contributed by atoms with Gasteiger partial charge in [0.1, 0.15) is 0 Å². The number of carbonyl (C=O) groups is 1. The molecule has 0 aromatic heterocycles. The first kappa shape index (κ1) is 10.7. The molecule has 2 unspecified atom stereocenters. The Bertz CT molecular complexity index is 313. The minimum atomic E-state index is 0.203. The van der Waals surface area contributed by atoms with E-state index < -0.39 is 0 Å². The summed E-state index contributed by atoms with van der Waals surface area (Å²) >= 11 is 0. The second-order valence-corrected chi connectivity index (χ2v) is 5.27. The van der Waals surface area contributed by atoms with Gasteiger partial charge in [0.2, 0.25) is 0 Å². The molecule has 0 aliphatic heterocycles. The van der Waals surface area contributed by atoms with Crippen LogP contribution in [0.4, 0.5) is 0 Å². The van der Waals surface area contributed by atoms with E-state index in [0.717, 1.165) is 19.3 Å². The minimum absolute atomic E-state index is 0.203. The first-order valence-corrected chi connectivity index (χ1v) is 6.01. The van der Waals surface area contributed by atoms with Crippen LogP contribution in [-0.4, -0.2) is 5.78 Å². The van der Waals surface area contributed by atoms with Gasteiger partial charge in [-0.1, -0.05) is 25.0 Å². The highest BCUT2D eigenvalue weighted by Crippen LogP contribution is 2.48. The van der Waals surface area contributed by atoms with Crippen molar-refractivity contribution >= 4 is 5.78 Å². The number of rotatable bonds is 2. The van der Waals surface area contributed by atoms with Crippen LogP contribution >= 0.6 is 0 Å². The summed E-state index contributed by atoms with van der Waals surface area (Å²) in [6.45, 7) is 6.08. The molecule has 0 radical (unpaired) electrons. The lowest BCUT2D eigenvalue weighted by Gasteiger charge is -2.41. The summed E-state index contributed by atoms with van der Waals surface area (Å²) in [5.74, 6) is 0.540. The maximum Gasteiger partial charge on any atom is 0.159 e. The molecule has 0 saturated heterocycles. The molecule has 1 heteroatoms. The Morgan fingerprint density at radius 3 is 3.13 bits per heavy atom. The van der Waals surface area contributed by atoms with Gasteiger partial charge in [0.05, 0.1) is 0 Å². The topological polar surface area (TPSA) is 17.1 Å². The first-order valence-electron chi connectivity index (χ1n) is 6.01. The normalized spacial score (nSPS) is 35.7. The zero-order valence-corrected chi connectivity index (χ0v) is 9.59. The van der Waals surface area contributed by atoms with E-state index in [-0.39, 0.29) is 5.92 Å². The van der Waals surface area contributed by atoms with Crippen molar-refractivity contribution in [2.75, 3.05) is 0 Å². The van der Waals surface area contributed by atoms with Gasteiger partial charge < -0.3 is 0 Å². The number of ketones is 1. The van der Waals surface area contributed by atoms with Gasteiger partial charge in [-0.2, -0.15) is 0 Å². The maximum absolute atomic E-state index is 11.9. The average molecular weight is 204 g/mol. The van der Waals surface area contributed by atoms with Gasteiger partial charge in [0.15, 0.2) is 5.78 Å². The Labute approximate surface area is 92.3 Å². The zero-order valence-electron chi connectivity index (χ0n) is 9.59. The van der Waals surface area contributed by atoms with Crippen LogP contribution in [0.1, 0.15) is 45.4 Å². The maximum atomic E-state index is 11.9. The van der Waals surface area contributed by atoms with Crippen LogP contribution in [0.25, 0.3) is 0 Å². The lowest BCUT2D eigenvalue weighted by atomic mass is 9.63. The Morgan fingerprint density at radius 1 is 1.60 bits per heavy atom. The third-order valence-corrected chi connectivity index (χ3v) is 4.07. The molecular weight excluding hydrogens is 184 g/mol. The Morgan fingerprint density at radius 2 is 2.40 bits per heavy atom. The van der Waals surface area contributed by atoms with Crippen LogP contribution in [0.3, 0.4) is 0 Å². The molecule has 0 aromatic carbocycles. The Balaban J connectivity index is 2.24. The molecule has 0 aromatic rings. The van der Waals surface area contributed by atoms with Crippen molar-refractivity contribution in [2.45, 2.75) is 45.4 Å². The van der Waals surface area contributed by atoms with Crippen molar-refractivity contribution in [3.63, 3.8) is 0 Å². The molecular formula is C14H20O. The fraction of sp³-hybridized carbons (Fsp3) is 0.643. The highest BCUT2D eigenvalue weighted by atomic mass is 16.1. The molecule has 2 aliphatic carbocycles. The number of hydrogen-bond acceptors (Lipinski definition) is 1. The molecule has 82 valence electrons. The summed E-state index contributed by atoms with van der Waals surface area (Å²) in [6.07, 6.45) is 10.7. The highest BCUT2D eigenvalue weighted by Gasteiger charge is 2.39. The fourth-order valence-electron chi connectivity index (χ4n) is 3.11. The number of hydrogen-bond donors (Lipinski definition) is 0. The second kappa shape index (κ2) is 3.96. The molecule has 1 fully saturated rings. The van der Waals surface area contributed by atoms with E-state index >= 15 is 0 Å². The average Bonchev–Trinajstić information content (AvgIpc) is 2.20. The van der Waals surface area contributed by atoms with Gasteiger partial charge >= 0.3 is 0 Å². The highest BCUT2D eigenvalue weighted by molar-refractivity contribution is 5.93. The van der Waals surface area contributed by atoms with E-state index in [1.807, 2.05) is 12.2 Å². The van der Waals surface area contributed by atoms with Crippen molar-refractivity contribution < 1.29 is 4.79 Å². The summed E-state index contributed by atoms with van der Waals surface area (Å²) in [5.41, 5.74) is 1.74. The molecule has 2 atom stereocenters. The van der Waals surface area contributed by atoms with Crippen molar-refractivity contribution in [3.05, 3.63) is 24.3 Å². The smallest absolute Gasteiger partial charge is 0.159 e. The fourth-order valence-corrected chi connectivity index (χ4v) is 3.11. The number of allylic oxidation sites excluding steroid dienone is 3.